The molecule has 1 aliphatic carbocycles. The number of anilines is 1. The molecule has 2 aliphatic rings. The third-order valence-corrected chi connectivity index (χ3v) is 6.56. The Balaban J connectivity index is 0.00000289. The topological polar surface area (TPSA) is 47.6 Å². The molecule has 7 heteroatoms. The van der Waals surface area contributed by atoms with E-state index in [0.29, 0.717) is 29.9 Å². The van der Waals surface area contributed by atoms with E-state index in [1.165, 1.54) is 12.1 Å². The zero-order chi connectivity index (χ0) is 24.1. The van der Waals surface area contributed by atoms with Crippen LogP contribution in [0.1, 0.15) is 50.7 Å². The van der Waals surface area contributed by atoms with Crippen LogP contribution >= 0.6 is 0 Å². The van der Waals surface area contributed by atoms with Crippen LogP contribution in [-0.2, 0) is 16.4 Å². The van der Waals surface area contributed by atoms with Crippen molar-refractivity contribution in [1.29, 1.82) is 0 Å². The second-order valence-electron chi connectivity index (χ2n) is 9.14. The molecule has 0 atom stereocenters. The van der Waals surface area contributed by atoms with Crippen molar-refractivity contribution in [3.8, 4) is 22.6 Å². The van der Waals surface area contributed by atoms with Gasteiger partial charge in [-0.25, -0.2) is 0 Å². The van der Waals surface area contributed by atoms with Gasteiger partial charge in [-0.3, -0.25) is 4.79 Å². The lowest BCUT2D eigenvalue weighted by Gasteiger charge is -2.19. The second kappa shape index (κ2) is 8.08. The van der Waals surface area contributed by atoms with E-state index in [4.69, 9.17) is 9.47 Å². The molecule has 0 aromatic heterocycles. The summed E-state index contributed by atoms with van der Waals surface area (Å²) >= 11 is 0. The van der Waals surface area contributed by atoms with Gasteiger partial charge in [0.1, 0.15) is 0 Å². The van der Waals surface area contributed by atoms with Gasteiger partial charge in [-0.15, -0.1) is 0 Å². The average Bonchev–Trinajstić information content (AvgIpc) is 3.49. The van der Waals surface area contributed by atoms with Crippen molar-refractivity contribution in [2.75, 3.05) is 12.1 Å². The number of nitrogens with one attached hydrogen (secondary N) is 1. The van der Waals surface area contributed by atoms with E-state index in [9.17, 15) is 18.0 Å². The molecule has 1 heterocycles. The fourth-order valence-electron chi connectivity index (χ4n) is 4.39. The van der Waals surface area contributed by atoms with Gasteiger partial charge in [0, 0.05) is 7.11 Å². The number of alkyl halides is 3. The van der Waals surface area contributed by atoms with E-state index >= 15 is 0 Å². The number of hydrogen-bond donors (Lipinski definition) is 1. The Hall–Kier alpha value is -3.48. The summed E-state index contributed by atoms with van der Waals surface area (Å²) < 4.78 is 52.8. The van der Waals surface area contributed by atoms with Crippen LogP contribution in [-0.4, -0.2) is 12.7 Å². The van der Waals surface area contributed by atoms with E-state index in [1.807, 2.05) is 26.0 Å². The van der Waals surface area contributed by atoms with E-state index in [-0.39, 0.29) is 31.3 Å². The number of carbonyl (C=O) groups excluding carboxylic acids is 1. The molecule has 0 radical (unpaired) electrons. The summed E-state index contributed by atoms with van der Waals surface area (Å²) in [4.78, 5) is 13.2. The lowest BCUT2D eigenvalue weighted by molar-refractivity contribution is -0.137. The second-order valence-corrected chi connectivity index (χ2v) is 9.14. The van der Waals surface area contributed by atoms with Crippen LogP contribution in [0.2, 0.25) is 0 Å². The Bertz CT molecular complexity index is 1270. The van der Waals surface area contributed by atoms with Crippen LogP contribution in [0, 0.1) is 0 Å². The molecule has 4 nitrogen and oxygen atoms in total. The van der Waals surface area contributed by atoms with Crippen LogP contribution in [0.15, 0.2) is 60.7 Å². The Morgan fingerprint density at radius 2 is 1.76 bits per heavy atom. The molecule has 1 amide bonds. The monoisotopic (exact) mass is 469 g/mol. The van der Waals surface area contributed by atoms with Crippen LogP contribution in [0.3, 0.4) is 0 Å². The number of hydrogen-bond acceptors (Lipinski definition) is 3. The molecule has 3 aromatic carbocycles. The minimum atomic E-state index is -4.57. The molecule has 5 rings (SSSR count). The first-order valence-corrected chi connectivity index (χ1v) is 11.2. The third kappa shape index (κ3) is 4.00. The summed E-state index contributed by atoms with van der Waals surface area (Å²) in [6.07, 6.45) is -3.34. The molecule has 1 aliphatic heterocycles. The zero-order valence-electron chi connectivity index (χ0n) is 18.8. The Kier molecular flexibility index (Phi) is 5.30. The van der Waals surface area contributed by atoms with E-state index in [2.05, 4.69) is 5.32 Å². The van der Waals surface area contributed by atoms with Gasteiger partial charge < -0.3 is 14.8 Å². The molecule has 0 unspecified atom stereocenters. The van der Waals surface area contributed by atoms with Crippen molar-refractivity contribution in [3.63, 3.8) is 0 Å². The highest BCUT2D eigenvalue weighted by molar-refractivity contribution is 6.01. The number of fused-ring (bicyclic) bond motifs is 1. The van der Waals surface area contributed by atoms with Crippen LogP contribution in [0.25, 0.3) is 11.1 Å². The molecular formula is C27H26F3NO3. The minimum Gasteiger partial charge on any atom is -0.454 e. The number of amides is 1. The van der Waals surface area contributed by atoms with Gasteiger partial charge in [0.2, 0.25) is 12.7 Å². The van der Waals surface area contributed by atoms with Crippen LogP contribution < -0.4 is 14.8 Å². The largest absolute Gasteiger partial charge is 0.454 e. The molecule has 0 saturated heterocycles. The summed E-state index contributed by atoms with van der Waals surface area (Å²) in [7, 11) is 0. The van der Waals surface area contributed by atoms with Crippen molar-refractivity contribution in [1.82, 2.24) is 0 Å². The normalized spacial score (nSPS) is 15.9. The highest BCUT2D eigenvalue weighted by Gasteiger charge is 2.51. The fraction of sp³-hybridized carbons (Fsp3) is 0.296. The van der Waals surface area contributed by atoms with E-state index in [0.717, 1.165) is 17.2 Å². The number of rotatable bonds is 5. The first-order chi connectivity index (χ1) is 16.2. The van der Waals surface area contributed by atoms with Gasteiger partial charge in [0.05, 0.1) is 11.0 Å². The van der Waals surface area contributed by atoms with Gasteiger partial charge >= 0.3 is 6.18 Å². The van der Waals surface area contributed by atoms with Crippen LogP contribution in [0.4, 0.5) is 18.9 Å². The van der Waals surface area contributed by atoms with E-state index < -0.39 is 17.2 Å². The summed E-state index contributed by atoms with van der Waals surface area (Å²) in [5.41, 5.74) is 0.881. The first-order valence-electron chi connectivity index (χ1n) is 11.2. The maximum absolute atomic E-state index is 14.0. The summed E-state index contributed by atoms with van der Waals surface area (Å²) in [5, 5.41) is 2.72. The molecule has 3 aromatic rings. The predicted molar refractivity (Wildman–Crippen MR) is 125 cm³/mol. The highest BCUT2D eigenvalue weighted by Crippen LogP contribution is 2.51. The van der Waals surface area contributed by atoms with E-state index in [1.54, 1.807) is 30.3 Å². The molecule has 1 fully saturated rings. The molecule has 34 heavy (non-hydrogen) atoms. The Labute approximate surface area is 197 Å². The first kappa shape index (κ1) is 22.3. The summed E-state index contributed by atoms with van der Waals surface area (Å²) in [6, 6.07) is 16.5. The van der Waals surface area contributed by atoms with Crippen molar-refractivity contribution >= 4 is 11.6 Å². The lowest BCUT2D eigenvalue weighted by Crippen LogP contribution is -2.28. The van der Waals surface area contributed by atoms with Gasteiger partial charge in [0.15, 0.2) is 11.5 Å². The fourth-order valence-corrected chi connectivity index (χ4v) is 4.39. The zero-order valence-corrected chi connectivity index (χ0v) is 18.8. The van der Waals surface area contributed by atoms with Crippen molar-refractivity contribution in [2.24, 2.45) is 0 Å². The standard InChI is InChI=1S/C27H24F3NO3.H2/c1-16(2)17-4-3-5-18(12-17)21-8-7-20(14-22(21)27(28,29)30)31-25(32)26(10-11-26)19-6-9-23-24(13-19)34-15-33-23;/h3-9,12-14,16H,10-11,15H2,1-2H3,(H,31,32);1H. The third-order valence-electron chi connectivity index (χ3n) is 6.56. The van der Waals surface area contributed by atoms with Gasteiger partial charge in [-0.2, -0.15) is 13.2 Å². The summed E-state index contributed by atoms with van der Waals surface area (Å²) in [6.45, 7) is 4.12. The van der Waals surface area contributed by atoms with Crippen molar-refractivity contribution < 1.29 is 28.9 Å². The molecule has 178 valence electrons. The SMILES string of the molecule is CC(C)c1cccc(-c2ccc(NC(=O)C3(c4ccc5c(c4)OCO5)CC3)cc2C(F)(F)F)c1.[HH]. The molecule has 1 saturated carbocycles. The number of ether oxygens (including phenoxy) is 2. The van der Waals surface area contributed by atoms with Gasteiger partial charge in [0.25, 0.3) is 0 Å². The number of carbonyl (C=O) groups is 1. The van der Waals surface area contributed by atoms with Gasteiger partial charge in [-0.1, -0.05) is 50.2 Å². The molecular weight excluding hydrogens is 443 g/mol. The maximum Gasteiger partial charge on any atom is 0.417 e. The number of benzene rings is 3. The Morgan fingerprint density at radius 3 is 2.47 bits per heavy atom. The molecule has 1 N–H and O–H groups in total. The maximum atomic E-state index is 14.0. The summed E-state index contributed by atoms with van der Waals surface area (Å²) in [5.74, 6) is 1.06. The molecule has 0 spiro atoms. The highest BCUT2D eigenvalue weighted by atomic mass is 19.4. The Morgan fingerprint density at radius 1 is 1.00 bits per heavy atom. The van der Waals surface area contributed by atoms with Crippen molar-refractivity contribution in [2.45, 2.75) is 44.2 Å². The molecule has 0 bridgehead atoms. The smallest absolute Gasteiger partial charge is 0.417 e. The van der Waals surface area contributed by atoms with Crippen molar-refractivity contribution in [3.05, 3.63) is 77.4 Å². The quantitative estimate of drug-likeness (QED) is 0.432. The predicted octanol–water partition coefficient (Wildman–Crippen LogP) is 7.14. The lowest BCUT2D eigenvalue weighted by atomic mass is 9.93. The minimum absolute atomic E-state index is 0. The average molecular weight is 470 g/mol. The van der Waals surface area contributed by atoms with Gasteiger partial charge in [-0.05, 0) is 65.3 Å². The van der Waals surface area contributed by atoms with Crippen LogP contribution in [0.5, 0.6) is 11.5 Å². The number of halogens is 3.